The van der Waals surface area contributed by atoms with Crippen LogP contribution in [0.15, 0.2) is 42.6 Å². The summed E-state index contributed by atoms with van der Waals surface area (Å²) in [6.45, 7) is 0.110. The first kappa shape index (κ1) is 12.0. The molecule has 1 aromatic heterocycles. The maximum absolute atomic E-state index is 13.3. The number of halogens is 1. The Hall–Kier alpha value is -2.43. The van der Waals surface area contributed by atoms with Crippen molar-refractivity contribution >= 4 is 5.84 Å². The van der Waals surface area contributed by atoms with Gasteiger partial charge in [-0.3, -0.25) is 5.41 Å². The van der Waals surface area contributed by atoms with Gasteiger partial charge in [-0.15, -0.1) is 0 Å². The Morgan fingerprint density at radius 3 is 2.67 bits per heavy atom. The Bertz CT molecular complexity index is 554. The molecule has 0 unspecified atom stereocenters. The number of nitrogen functional groups attached to an aromatic ring is 1. The van der Waals surface area contributed by atoms with Gasteiger partial charge in [0.05, 0.1) is 0 Å². The van der Waals surface area contributed by atoms with Crippen molar-refractivity contribution < 1.29 is 9.13 Å². The van der Waals surface area contributed by atoms with Gasteiger partial charge in [0.2, 0.25) is 5.88 Å². The predicted molar refractivity (Wildman–Crippen MR) is 66.0 cm³/mol. The Morgan fingerprint density at radius 1 is 1.28 bits per heavy atom. The molecule has 0 amide bonds. The van der Waals surface area contributed by atoms with Crippen LogP contribution in [0, 0.1) is 11.2 Å². The molecule has 18 heavy (non-hydrogen) atoms. The Kier molecular flexibility index (Phi) is 3.52. The molecule has 0 bridgehead atoms. The number of hydrogen-bond acceptors (Lipinski definition) is 3. The van der Waals surface area contributed by atoms with E-state index in [0.717, 1.165) is 0 Å². The first-order valence-corrected chi connectivity index (χ1v) is 5.33. The summed E-state index contributed by atoms with van der Waals surface area (Å²) in [5.41, 5.74) is 6.29. The van der Waals surface area contributed by atoms with Crippen LogP contribution in [0.4, 0.5) is 4.39 Å². The molecular formula is C13H12FN3O. The second-order valence-electron chi connectivity index (χ2n) is 3.68. The summed E-state index contributed by atoms with van der Waals surface area (Å²) in [6, 6.07) is 9.63. The first-order valence-electron chi connectivity index (χ1n) is 5.33. The van der Waals surface area contributed by atoms with Crippen molar-refractivity contribution in [2.75, 3.05) is 0 Å². The lowest BCUT2D eigenvalue weighted by Crippen LogP contribution is -2.11. The molecule has 92 valence electrons. The standard InChI is InChI=1S/C13H12FN3O/c14-11-4-2-1-3-10(11)8-18-12-6-5-9(7-17-12)13(15)16/h1-7H,8H2,(H3,15,16). The van der Waals surface area contributed by atoms with Gasteiger partial charge in [-0.2, -0.15) is 0 Å². The fourth-order valence-corrected chi connectivity index (χ4v) is 1.39. The van der Waals surface area contributed by atoms with Crippen LogP contribution >= 0.6 is 0 Å². The number of nitrogens with two attached hydrogens (primary N) is 1. The SMILES string of the molecule is N=C(N)c1ccc(OCc2ccccc2F)nc1. The van der Waals surface area contributed by atoms with E-state index in [-0.39, 0.29) is 18.3 Å². The maximum atomic E-state index is 13.3. The smallest absolute Gasteiger partial charge is 0.213 e. The van der Waals surface area contributed by atoms with Crippen LogP contribution in [-0.4, -0.2) is 10.8 Å². The molecule has 0 aliphatic rings. The summed E-state index contributed by atoms with van der Waals surface area (Å²) < 4.78 is 18.7. The van der Waals surface area contributed by atoms with Crippen molar-refractivity contribution in [2.24, 2.45) is 5.73 Å². The fraction of sp³-hybridized carbons (Fsp3) is 0.0769. The van der Waals surface area contributed by atoms with Crippen molar-refractivity contribution in [1.29, 1.82) is 5.41 Å². The van der Waals surface area contributed by atoms with E-state index in [0.29, 0.717) is 17.0 Å². The number of rotatable bonds is 4. The molecule has 1 aromatic carbocycles. The van der Waals surface area contributed by atoms with Crippen LogP contribution in [0.25, 0.3) is 0 Å². The van der Waals surface area contributed by atoms with Gasteiger partial charge in [0.15, 0.2) is 0 Å². The van der Waals surface area contributed by atoms with E-state index in [4.69, 9.17) is 15.9 Å². The molecule has 0 radical (unpaired) electrons. The highest BCUT2D eigenvalue weighted by Crippen LogP contribution is 2.12. The maximum Gasteiger partial charge on any atom is 0.213 e. The molecule has 2 rings (SSSR count). The fourth-order valence-electron chi connectivity index (χ4n) is 1.39. The number of nitrogens with zero attached hydrogens (tertiary/aromatic N) is 1. The van der Waals surface area contributed by atoms with Crippen molar-refractivity contribution in [3.05, 3.63) is 59.5 Å². The minimum atomic E-state index is -0.308. The molecule has 0 saturated heterocycles. The van der Waals surface area contributed by atoms with Gasteiger partial charge in [0.25, 0.3) is 0 Å². The number of pyridine rings is 1. The molecule has 0 spiro atoms. The lowest BCUT2D eigenvalue weighted by Gasteiger charge is -2.06. The number of amidine groups is 1. The van der Waals surface area contributed by atoms with Crippen LogP contribution in [-0.2, 0) is 6.61 Å². The number of hydrogen-bond donors (Lipinski definition) is 2. The quantitative estimate of drug-likeness (QED) is 0.640. The van der Waals surface area contributed by atoms with E-state index in [9.17, 15) is 4.39 Å². The zero-order valence-corrected chi connectivity index (χ0v) is 9.56. The zero-order valence-electron chi connectivity index (χ0n) is 9.56. The lowest BCUT2D eigenvalue weighted by molar-refractivity contribution is 0.288. The van der Waals surface area contributed by atoms with Gasteiger partial charge in [-0.1, -0.05) is 18.2 Å². The normalized spacial score (nSPS) is 10.1. The lowest BCUT2D eigenvalue weighted by atomic mass is 10.2. The van der Waals surface area contributed by atoms with Crippen LogP contribution < -0.4 is 10.5 Å². The minimum Gasteiger partial charge on any atom is -0.473 e. The molecule has 1 heterocycles. The van der Waals surface area contributed by atoms with Crippen LogP contribution in [0.5, 0.6) is 5.88 Å². The van der Waals surface area contributed by atoms with Gasteiger partial charge in [0, 0.05) is 23.4 Å². The number of ether oxygens (including phenoxy) is 1. The average molecular weight is 245 g/mol. The van der Waals surface area contributed by atoms with E-state index in [1.165, 1.54) is 12.3 Å². The summed E-state index contributed by atoms with van der Waals surface area (Å²) in [5, 5.41) is 7.22. The first-order chi connectivity index (χ1) is 8.66. The second-order valence-corrected chi connectivity index (χ2v) is 3.68. The summed E-state index contributed by atoms with van der Waals surface area (Å²) in [5.74, 6) is 0.00395. The largest absolute Gasteiger partial charge is 0.473 e. The highest BCUT2D eigenvalue weighted by atomic mass is 19.1. The van der Waals surface area contributed by atoms with Gasteiger partial charge in [-0.25, -0.2) is 9.37 Å². The minimum absolute atomic E-state index is 0.0526. The molecule has 0 atom stereocenters. The van der Waals surface area contributed by atoms with Gasteiger partial charge >= 0.3 is 0 Å². The molecule has 3 N–H and O–H groups in total. The number of nitrogens with one attached hydrogen (secondary N) is 1. The van der Waals surface area contributed by atoms with E-state index in [2.05, 4.69) is 4.98 Å². The predicted octanol–water partition coefficient (Wildman–Crippen LogP) is 2.08. The number of benzene rings is 1. The van der Waals surface area contributed by atoms with E-state index >= 15 is 0 Å². The second kappa shape index (κ2) is 5.27. The highest BCUT2D eigenvalue weighted by molar-refractivity contribution is 5.94. The van der Waals surface area contributed by atoms with Crippen molar-refractivity contribution in [3.63, 3.8) is 0 Å². The highest BCUT2D eigenvalue weighted by Gasteiger charge is 2.03. The number of aromatic nitrogens is 1. The van der Waals surface area contributed by atoms with Crippen molar-refractivity contribution in [2.45, 2.75) is 6.61 Å². The summed E-state index contributed by atoms with van der Waals surface area (Å²) in [4.78, 5) is 3.98. The van der Waals surface area contributed by atoms with Crippen molar-refractivity contribution in [3.8, 4) is 5.88 Å². The van der Waals surface area contributed by atoms with Gasteiger partial charge < -0.3 is 10.5 Å². The molecule has 2 aromatic rings. The molecular weight excluding hydrogens is 233 g/mol. The summed E-state index contributed by atoms with van der Waals surface area (Å²) in [7, 11) is 0. The summed E-state index contributed by atoms with van der Waals surface area (Å²) >= 11 is 0. The third-order valence-electron chi connectivity index (χ3n) is 2.38. The third kappa shape index (κ3) is 2.82. The molecule has 4 nitrogen and oxygen atoms in total. The van der Waals surface area contributed by atoms with Crippen molar-refractivity contribution in [1.82, 2.24) is 4.98 Å². The molecule has 0 aliphatic carbocycles. The van der Waals surface area contributed by atoms with Gasteiger partial charge in [0.1, 0.15) is 18.3 Å². The Labute approximate surface area is 104 Å². The van der Waals surface area contributed by atoms with E-state index in [1.54, 1.807) is 30.3 Å². The van der Waals surface area contributed by atoms with E-state index < -0.39 is 0 Å². The Balaban J connectivity index is 2.02. The van der Waals surface area contributed by atoms with Crippen LogP contribution in [0.3, 0.4) is 0 Å². The average Bonchev–Trinajstić information content (AvgIpc) is 2.38. The summed E-state index contributed by atoms with van der Waals surface area (Å²) in [6.07, 6.45) is 1.44. The molecule has 0 fully saturated rings. The molecule has 5 heteroatoms. The van der Waals surface area contributed by atoms with E-state index in [1.807, 2.05) is 0 Å². The molecule has 0 saturated carbocycles. The molecule has 0 aliphatic heterocycles. The van der Waals surface area contributed by atoms with Gasteiger partial charge in [-0.05, 0) is 12.1 Å². The monoisotopic (exact) mass is 245 g/mol. The third-order valence-corrected chi connectivity index (χ3v) is 2.38. The zero-order chi connectivity index (χ0) is 13.0. The van der Waals surface area contributed by atoms with Crippen LogP contribution in [0.2, 0.25) is 0 Å². The topological polar surface area (TPSA) is 72.0 Å². The van der Waals surface area contributed by atoms with Crippen LogP contribution in [0.1, 0.15) is 11.1 Å². The Morgan fingerprint density at radius 2 is 2.06 bits per heavy atom.